The summed E-state index contributed by atoms with van der Waals surface area (Å²) in [6.07, 6.45) is -0.197. The van der Waals surface area contributed by atoms with Crippen molar-refractivity contribution >= 4 is 40.7 Å². The first-order valence-electron chi connectivity index (χ1n) is 9.71. The van der Waals surface area contributed by atoms with E-state index in [0.717, 1.165) is 0 Å². The van der Waals surface area contributed by atoms with Gasteiger partial charge in [0.2, 0.25) is 5.91 Å². The van der Waals surface area contributed by atoms with Crippen LogP contribution in [0, 0.1) is 12.4 Å². The van der Waals surface area contributed by atoms with Crippen LogP contribution in [0.2, 0.25) is 0 Å². The Morgan fingerprint density at radius 2 is 2.16 bits per heavy atom. The molecule has 0 aromatic heterocycles. The molecule has 1 atom stereocenters. The van der Waals surface area contributed by atoms with Gasteiger partial charge in [-0.05, 0) is 30.4 Å². The molecule has 0 aliphatic carbocycles. The van der Waals surface area contributed by atoms with Crippen molar-refractivity contribution in [2.24, 2.45) is 5.73 Å². The molecule has 0 saturated carbocycles. The van der Waals surface area contributed by atoms with Gasteiger partial charge < -0.3 is 20.7 Å². The van der Waals surface area contributed by atoms with Crippen LogP contribution < -0.4 is 31.7 Å². The zero-order chi connectivity index (χ0) is 22.6. The number of rotatable bonds is 6. The van der Waals surface area contributed by atoms with Gasteiger partial charge in [0, 0.05) is 20.0 Å². The minimum absolute atomic E-state index is 0.0480. The lowest BCUT2D eigenvalue weighted by Crippen LogP contribution is -2.58. The van der Waals surface area contributed by atoms with E-state index in [1.165, 1.54) is 17.9 Å². The van der Waals surface area contributed by atoms with Crippen molar-refractivity contribution < 1.29 is 18.7 Å². The lowest BCUT2D eigenvalue weighted by Gasteiger charge is -2.35. The number of carbonyl (C=O) groups excluding carboxylic acids is 2. The number of piperidine rings is 1. The van der Waals surface area contributed by atoms with Gasteiger partial charge in [-0.1, -0.05) is 0 Å². The summed E-state index contributed by atoms with van der Waals surface area (Å²) >= 11 is 4.76. The summed E-state index contributed by atoms with van der Waals surface area (Å²) in [5, 5.41) is 2.65. The second kappa shape index (κ2) is 9.32. The van der Waals surface area contributed by atoms with Crippen LogP contribution in [0.25, 0.3) is 4.85 Å². The number of hydrogen-bond donors (Lipinski definition) is 4. The lowest BCUT2D eigenvalue weighted by atomic mass is 9.97. The van der Waals surface area contributed by atoms with Gasteiger partial charge in [-0.25, -0.2) is 15.8 Å². The fraction of sp³-hybridized carbons (Fsp3) is 0.474. The highest BCUT2D eigenvalue weighted by Gasteiger charge is 2.41. The minimum Gasteiger partial charge on any atom is -0.442 e. The number of carbonyl (C=O) groups is 2. The van der Waals surface area contributed by atoms with Gasteiger partial charge in [-0.15, -0.1) is 0 Å². The molecule has 2 aliphatic rings. The largest absolute Gasteiger partial charge is 0.442 e. The van der Waals surface area contributed by atoms with Crippen LogP contribution in [0.4, 0.5) is 20.6 Å². The molecule has 31 heavy (non-hydrogen) atoms. The van der Waals surface area contributed by atoms with Crippen LogP contribution in [0.3, 0.4) is 0 Å². The number of amides is 2. The highest BCUT2D eigenvalue weighted by atomic mass is 32.1. The maximum atomic E-state index is 14.9. The number of nitrogens with one attached hydrogen (secondary N) is 3. The van der Waals surface area contributed by atoms with E-state index in [4.69, 9.17) is 29.3 Å². The summed E-state index contributed by atoms with van der Waals surface area (Å²) in [7, 11) is 0. The van der Waals surface area contributed by atoms with Gasteiger partial charge in [0.05, 0.1) is 37.3 Å². The fourth-order valence-corrected chi connectivity index (χ4v) is 3.63. The van der Waals surface area contributed by atoms with Gasteiger partial charge >= 0.3 is 11.8 Å². The number of thiocarbonyl (C=S) groups is 1. The van der Waals surface area contributed by atoms with Crippen LogP contribution >= 0.6 is 12.2 Å². The Bertz CT molecular complexity index is 914. The summed E-state index contributed by atoms with van der Waals surface area (Å²) in [5.74, 6) is -0.689. The molecular weight excluding hydrogens is 425 g/mol. The molecule has 10 nitrogen and oxygen atoms in total. The quantitative estimate of drug-likeness (QED) is 0.287. The third-order valence-electron chi connectivity index (χ3n) is 5.26. The first kappa shape index (κ1) is 22.5. The van der Waals surface area contributed by atoms with Crippen LogP contribution in [0.1, 0.15) is 19.8 Å². The normalized spacial score (nSPS) is 20.0. The van der Waals surface area contributed by atoms with Crippen molar-refractivity contribution in [1.29, 1.82) is 0 Å². The maximum absolute atomic E-state index is 14.9. The summed E-state index contributed by atoms with van der Waals surface area (Å²) in [6.45, 7) is 10.2. The molecule has 1 aromatic carbocycles. The van der Waals surface area contributed by atoms with Crippen LogP contribution in [-0.4, -0.2) is 55.1 Å². The summed E-state index contributed by atoms with van der Waals surface area (Å²) in [5.41, 5.74) is 10.8. The Kier molecular flexibility index (Phi) is 6.77. The molecule has 0 radical (unpaired) electrons. The number of halogens is 1. The van der Waals surface area contributed by atoms with Gasteiger partial charge in [-0.2, -0.15) is 5.43 Å². The number of ether oxygens (including phenoxy) is 1. The third kappa shape index (κ3) is 5.31. The topological polar surface area (TPSA) is 116 Å². The minimum atomic E-state index is -0.863. The standard InChI is InChI=1S/C19H24FN7O3S/c1-12(28)23-10-14-11-27(18(29)30-14)13-3-4-16(15(20)9-13)26-7-5-19(22-2,6-8-26)25-24-17(21)31/h3-4,9,14,25H,5-8,10-11H2,1H3,(H,23,28)(H3,21,24,31)/t14-/m0/s1. The number of nitrogens with two attached hydrogens (primary N) is 1. The molecule has 1 aromatic rings. The van der Waals surface area contributed by atoms with E-state index < -0.39 is 23.7 Å². The Morgan fingerprint density at radius 1 is 1.45 bits per heavy atom. The Hall–Kier alpha value is -3.17. The SMILES string of the molecule is [C-]#[N+]C1(NNC(N)=S)CCN(c2ccc(N3C[C@H](CNC(C)=O)OC3=O)cc2F)CC1. The van der Waals surface area contributed by atoms with E-state index in [-0.39, 0.29) is 24.1 Å². The monoisotopic (exact) mass is 449 g/mol. The molecule has 0 unspecified atom stereocenters. The molecule has 2 amide bonds. The van der Waals surface area contributed by atoms with Crippen molar-refractivity contribution in [1.82, 2.24) is 16.2 Å². The Morgan fingerprint density at radius 3 is 2.74 bits per heavy atom. The summed E-state index contributed by atoms with van der Waals surface area (Å²) in [6, 6.07) is 4.56. The lowest BCUT2D eigenvalue weighted by molar-refractivity contribution is -0.119. The van der Waals surface area contributed by atoms with Gasteiger partial charge in [0.25, 0.3) is 0 Å². The van der Waals surface area contributed by atoms with E-state index in [9.17, 15) is 14.0 Å². The molecule has 166 valence electrons. The highest BCUT2D eigenvalue weighted by molar-refractivity contribution is 7.80. The average molecular weight is 450 g/mol. The van der Waals surface area contributed by atoms with Gasteiger partial charge in [-0.3, -0.25) is 20.0 Å². The Labute approximate surface area is 184 Å². The van der Waals surface area contributed by atoms with E-state index >= 15 is 0 Å². The highest BCUT2D eigenvalue weighted by Crippen LogP contribution is 2.32. The molecule has 2 heterocycles. The number of benzene rings is 1. The van der Waals surface area contributed by atoms with Crippen molar-refractivity contribution in [3.05, 3.63) is 35.4 Å². The number of hydrogen-bond acceptors (Lipinski definition) is 6. The maximum Gasteiger partial charge on any atom is 0.414 e. The molecule has 5 N–H and O–H groups in total. The summed E-state index contributed by atoms with van der Waals surface area (Å²) < 4.78 is 20.1. The van der Waals surface area contributed by atoms with Crippen molar-refractivity contribution in [3.63, 3.8) is 0 Å². The predicted octanol–water partition coefficient (Wildman–Crippen LogP) is 0.841. The second-order valence-electron chi connectivity index (χ2n) is 7.43. The number of cyclic esters (lactones) is 1. The third-order valence-corrected chi connectivity index (χ3v) is 5.36. The molecule has 3 rings (SSSR count). The van der Waals surface area contributed by atoms with E-state index in [2.05, 4.69) is 21.0 Å². The molecule has 2 fully saturated rings. The summed E-state index contributed by atoms with van der Waals surface area (Å²) in [4.78, 5) is 30.0. The van der Waals surface area contributed by atoms with E-state index in [1.807, 2.05) is 4.90 Å². The van der Waals surface area contributed by atoms with Gasteiger partial charge in [0.15, 0.2) is 5.11 Å². The van der Waals surface area contributed by atoms with E-state index in [0.29, 0.717) is 37.3 Å². The molecule has 0 spiro atoms. The van der Waals surface area contributed by atoms with Crippen LogP contribution in [0.15, 0.2) is 18.2 Å². The Balaban J connectivity index is 1.64. The molecule has 2 aliphatic heterocycles. The first-order chi connectivity index (χ1) is 14.7. The first-order valence-corrected chi connectivity index (χ1v) is 10.1. The van der Waals surface area contributed by atoms with Crippen LogP contribution in [-0.2, 0) is 9.53 Å². The number of nitrogens with zero attached hydrogens (tertiary/aromatic N) is 3. The second-order valence-corrected chi connectivity index (χ2v) is 7.87. The average Bonchev–Trinajstić information content (AvgIpc) is 3.12. The molecular formula is C19H24FN7O3S. The van der Waals surface area contributed by atoms with Gasteiger partial charge in [0.1, 0.15) is 11.9 Å². The van der Waals surface area contributed by atoms with Crippen molar-refractivity contribution in [2.75, 3.05) is 36.0 Å². The van der Waals surface area contributed by atoms with Crippen LogP contribution in [0.5, 0.6) is 0 Å². The molecule has 0 bridgehead atoms. The molecule has 2 saturated heterocycles. The number of hydrazine groups is 1. The number of anilines is 2. The predicted molar refractivity (Wildman–Crippen MR) is 117 cm³/mol. The van der Waals surface area contributed by atoms with Crippen molar-refractivity contribution in [3.8, 4) is 0 Å². The zero-order valence-corrected chi connectivity index (χ0v) is 17.8. The van der Waals surface area contributed by atoms with E-state index in [1.54, 1.807) is 12.1 Å². The smallest absolute Gasteiger partial charge is 0.414 e. The molecule has 12 heteroatoms. The van der Waals surface area contributed by atoms with Crippen molar-refractivity contribution in [2.45, 2.75) is 31.5 Å². The zero-order valence-electron chi connectivity index (χ0n) is 17.0. The fourth-order valence-electron chi connectivity index (χ4n) is 3.58.